The van der Waals surface area contributed by atoms with Crippen LogP contribution in [0.5, 0.6) is 17.2 Å². The zero-order chi connectivity index (χ0) is 28.6. The number of nitrogens with one attached hydrogen (secondary N) is 2. The Morgan fingerprint density at radius 3 is 2.69 bits per heavy atom. The van der Waals surface area contributed by atoms with Crippen molar-refractivity contribution < 1.29 is 14.6 Å². The Balaban J connectivity index is 1.07. The van der Waals surface area contributed by atoms with Crippen molar-refractivity contribution in [3.8, 4) is 40.0 Å². The number of H-pyrrole nitrogens is 1. The molecule has 0 unspecified atom stereocenters. The molecule has 1 aliphatic heterocycles. The molecular weight excluding hydrogens is 528 g/mol. The standard InChI is InChI=1S/C33H34N6O3/c40-23-26-10-6-17-39(26)18-7-19-41-28-13-5-9-25(21-28)36-33-34-16-15-30(38-33)31-22-35-32(37-31)24-8-4-14-29(20-24)42-27-11-2-1-3-12-27/h1-5,8-9,11-16,20-22,26,40H,6-7,10,17-19,23H2,(H,35,37)(H,34,36,38)/t26-/m0/s1. The van der Waals surface area contributed by atoms with E-state index >= 15 is 0 Å². The normalized spacial score (nSPS) is 15.0. The maximum atomic E-state index is 9.50. The molecule has 1 atom stereocenters. The van der Waals surface area contributed by atoms with Crippen LogP contribution in [0.3, 0.4) is 0 Å². The van der Waals surface area contributed by atoms with Gasteiger partial charge in [0, 0.05) is 36.1 Å². The third-order valence-electron chi connectivity index (χ3n) is 7.25. The van der Waals surface area contributed by atoms with Crippen molar-refractivity contribution in [2.24, 2.45) is 0 Å². The quantitative estimate of drug-likeness (QED) is 0.152. The first-order chi connectivity index (χ1) is 20.7. The monoisotopic (exact) mass is 562 g/mol. The van der Waals surface area contributed by atoms with E-state index in [1.54, 1.807) is 12.4 Å². The second kappa shape index (κ2) is 13.3. The summed E-state index contributed by atoms with van der Waals surface area (Å²) in [6, 6.07) is 27.4. The molecule has 0 spiro atoms. The number of hydrogen-bond donors (Lipinski definition) is 3. The number of aliphatic hydroxyl groups is 1. The fourth-order valence-electron chi connectivity index (χ4n) is 5.15. The van der Waals surface area contributed by atoms with Crippen LogP contribution in [0, 0.1) is 0 Å². The van der Waals surface area contributed by atoms with Crippen LogP contribution in [0.15, 0.2) is 97.3 Å². The second-order valence-corrected chi connectivity index (χ2v) is 10.2. The van der Waals surface area contributed by atoms with Gasteiger partial charge in [0.25, 0.3) is 0 Å². The molecule has 1 aliphatic rings. The molecule has 0 bridgehead atoms. The van der Waals surface area contributed by atoms with Gasteiger partial charge in [0.15, 0.2) is 0 Å². The molecule has 9 nitrogen and oxygen atoms in total. The lowest BCUT2D eigenvalue weighted by molar-refractivity contribution is 0.150. The lowest BCUT2D eigenvalue weighted by Gasteiger charge is -2.22. The van der Waals surface area contributed by atoms with Crippen LogP contribution < -0.4 is 14.8 Å². The highest BCUT2D eigenvalue weighted by Crippen LogP contribution is 2.28. The van der Waals surface area contributed by atoms with Gasteiger partial charge in [-0.25, -0.2) is 15.0 Å². The number of likely N-dealkylation sites (tertiary alicyclic amines) is 1. The van der Waals surface area contributed by atoms with Crippen LogP contribution in [-0.4, -0.2) is 62.3 Å². The third-order valence-corrected chi connectivity index (χ3v) is 7.25. The molecule has 1 saturated heterocycles. The van der Waals surface area contributed by atoms with Crippen molar-refractivity contribution in [2.75, 3.05) is 31.6 Å². The molecule has 9 heteroatoms. The zero-order valence-electron chi connectivity index (χ0n) is 23.3. The fourth-order valence-corrected chi connectivity index (χ4v) is 5.15. The molecule has 0 saturated carbocycles. The smallest absolute Gasteiger partial charge is 0.227 e. The van der Waals surface area contributed by atoms with Crippen LogP contribution in [0.2, 0.25) is 0 Å². The minimum atomic E-state index is 0.234. The maximum absolute atomic E-state index is 9.50. The van der Waals surface area contributed by atoms with Crippen molar-refractivity contribution in [2.45, 2.75) is 25.3 Å². The Bertz CT molecular complexity index is 1590. The molecule has 2 aromatic heterocycles. The van der Waals surface area contributed by atoms with Gasteiger partial charge >= 0.3 is 0 Å². The summed E-state index contributed by atoms with van der Waals surface area (Å²) in [5, 5.41) is 12.8. The van der Waals surface area contributed by atoms with Gasteiger partial charge in [0.05, 0.1) is 30.8 Å². The highest BCUT2D eigenvalue weighted by atomic mass is 16.5. The minimum absolute atomic E-state index is 0.234. The van der Waals surface area contributed by atoms with Gasteiger partial charge in [0.1, 0.15) is 23.1 Å². The molecular formula is C33H34N6O3. The molecule has 5 aromatic rings. The van der Waals surface area contributed by atoms with Crippen molar-refractivity contribution >= 4 is 11.6 Å². The van der Waals surface area contributed by atoms with Crippen LogP contribution in [0.1, 0.15) is 19.3 Å². The van der Waals surface area contributed by atoms with E-state index in [2.05, 4.69) is 25.2 Å². The second-order valence-electron chi connectivity index (χ2n) is 10.2. The number of nitrogens with zero attached hydrogens (tertiary/aromatic N) is 4. The SMILES string of the molecule is OC[C@@H]1CCCN1CCCOc1cccc(Nc2nccc(-c3cnc(-c4cccc(Oc5ccccc5)c4)[nH]3)n2)c1. The summed E-state index contributed by atoms with van der Waals surface area (Å²) >= 11 is 0. The number of aromatic nitrogens is 4. The zero-order valence-corrected chi connectivity index (χ0v) is 23.3. The number of benzene rings is 3. The Kier molecular flexibility index (Phi) is 8.68. The molecule has 42 heavy (non-hydrogen) atoms. The van der Waals surface area contributed by atoms with Gasteiger partial charge in [-0.05, 0) is 68.3 Å². The molecule has 0 aliphatic carbocycles. The van der Waals surface area contributed by atoms with E-state index in [9.17, 15) is 5.11 Å². The lowest BCUT2D eigenvalue weighted by Crippen LogP contribution is -2.33. The molecule has 3 heterocycles. The highest BCUT2D eigenvalue weighted by Gasteiger charge is 2.22. The van der Waals surface area contributed by atoms with Crippen LogP contribution >= 0.6 is 0 Å². The summed E-state index contributed by atoms with van der Waals surface area (Å²) in [4.78, 5) is 19.4. The van der Waals surface area contributed by atoms with Gasteiger partial charge in [-0.1, -0.05) is 36.4 Å². The average Bonchev–Trinajstić information content (AvgIpc) is 3.71. The largest absolute Gasteiger partial charge is 0.493 e. The Morgan fingerprint density at radius 1 is 0.929 bits per heavy atom. The summed E-state index contributed by atoms with van der Waals surface area (Å²) in [5.41, 5.74) is 3.25. The molecule has 214 valence electrons. The van der Waals surface area contributed by atoms with Crippen molar-refractivity contribution in [3.63, 3.8) is 0 Å². The highest BCUT2D eigenvalue weighted by molar-refractivity contribution is 5.65. The Morgan fingerprint density at radius 2 is 1.79 bits per heavy atom. The van der Waals surface area contributed by atoms with E-state index in [-0.39, 0.29) is 6.61 Å². The van der Waals surface area contributed by atoms with Gasteiger partial charge in [-0.2, -0.15) is 0 Å². The van der Waals surface area contributed by atoms with Crippen LogP contribution in [0.4, 0.5) is 11.6 Å². The number of aromatic amines is 1. The number of aliphatic hydroxyl groups excluding tert-OH is 1. The summed E-state index contributed by atoms with van der Waals surface area (Å²) in [7, 11) is 0. The Hall–Kier alpha value is -4.73. The Labute approximate surface area is 245 Å². The predicted octanol–water partition coefficient (Wildman–Crippen LogP) is 6.30. The summed E-state index contributed by atoms with van der Waals surface area (Å²) in [5.74, 6) is 3.50. The van der Waals surface area contributed by atoms with E-state index in [1.165, 1.54) is 0 Å². The van der Waals surface area contributed by atoms with Gasteiger partial charge in [-0.3, -0.25) is 4.90 Å². The summed E-state index contributed by atoms with van der Waals surface area (Å²) in [6.45, 7) is 2.85. The van der Waals surface area contributed by atoms with E-state index in [1.807, 2.05) is 84.9 Å². The van der Waals surface area contributed by atoms with Crippen molar-refractivity contribution in [1.82, 2.24) is 24.8 Å². The molecule has 3 aromatic carbocycles. The third kappa shape index (κ3) is 6.94. The molecule has 0 amide bonds. The van der Waals surface area contributed by atoms with E-state index in [4.69, 9.17) is 14.5 Å². The number of hydrogen-bond acceptors (Lipinski definition) is 8. The van der Waals surface area contributed by atoms with Crippen LogP contribution in [0.25, 0.3) is 22.8 Å². The first kappa shape index (κ1) is 27.4. The number of anilines is 2. The molecule has 0 radical (unpaired) electrons. The number of ether oxygens (including phenoxy) is 2. The van der Waals surface area contributed by atoms with Gasteiger partial charge < -0.3 is 24.9 Å². The number of rotatable bonds is 12. The molecule has 1 fully saturated rings. The van der Waals surface area contributed by atoms with Crippen molar-refractivity contribution in [3.05, 3.63) is 97.3 Å². The minimum Gasteiger partial charge on any atom is -0.493 e. The summed E-state index contributed by atoms with van der Waals surface area (Å²) < 4.78 is 12.0. The molecule has 3 N–H and O–H groups in total. The van der Waals surface area contributed by atoms with Gasteiger partial charge in [-0.15, -0.1) is 0 Å². The maximum Gasteiger partial charge on any atom is 0.227 e. The van der Waals surface area contributed by atoms with E-state index in [0.29, 0.717) is 18.6 Å². The van der Waals surface area contributed by atoms with E-state index < -0.39 is 0 Å². The molecule has 6 rings (SSSR count). The lowest BCUT2D eigenvalue weighted by atomic mass is 10.2. The fraction of sp³-hybridized carbons (Fsp3) is 0.242. The topological polar surface area (TPSA) is 108 Å². The number of para-hydroxylation sites is 1. The van der Waals surface area contributed by atoms with Crippen molar-refractivity contribution in [1.29, 1.82) is 0 Å². The predicted molar refractivity (Wildman–Crippen MR) is 163 cm³/mol. The first-order valence-electron chi connectivity index (χ1n) is 14.3. The average molecular weight is 563 g/mol. The van der Waals surface area contributed by atoms with Gasteiger partial charge in [0.2, 0.25) is 5.95 Å². The van der Waals surface area contributed by atoms with E-state index in [0.717, 1.165) is 78.1 Å². The summed E-state index contributed by atoms with van der Waals surface area (Å²) in [6.07, 6.45) is 6.64. The first-order valence-corrected chi connectivity index (χ1v) is 14.3. The van der Waals surface area contributed by atoms with Crippen LogP contribution in [-0.2, 0) is 0 Å². The number of imidazole rings is 1.